The van der Waals surface area contributed by atoms with Crippen LogP contribution in [0.2, 0.25) is 0 Å². The molecule has 0 atom stereocenters. The van der Waals surface area contributed by atoms with Gasteiger partial charge < -0.3 is 9.47 Å². The van der Waals surface area contributed by atoms with Crippen molar-refractivity contribution < 1.29 is 14.3 Å². The van der Waals surface area contributed by atoms with Crippen LogP contribution in [0.3, 0.4) is 0 Å². The highest BCUT2D eigenvalue weighted by Crippen LogP contribution is 2.32. The predicted octanol–water partition coefficient (Wildman–Crippen LogP) is 3.15. The number of benzene rings is 2. The molecule has 2 aromatic carbocycles. The van der Waals surface area contributed by atoms with Crippen LogP contribution in [0, 0.1) is 6.92 Å². The normalized spacial score (nSPS) is 13.0. The van der Waals surface area contributed by atoms with Crippen LogP contribution in [0.25, 0.3) is 0 Å². The average Bonchev–Trinajstić information content (AvgIpc) is 2.63. The Balaban J connectivity index is 1.48. The molecule has 0 spiro atoms. The highest BCUT2D eigenvalue weighted by atomic mass is 32.2. The molecule has 0 saturated heterocycles. The number of hydrogen-bond donors (Lipinski definition) is 1. The lowest BCUT2D eigenvalue weighted by atomic mass is 10.1. The molecule has 0 bridgehead atoms. The second-order valence-electron chi connectivity index (χ2n) is 5.58. The van der Waals surface area contributed by atoms with Crippen LogP contribution in [0.1, 0.15) is 16.7 Å². The lowest BCUT2D eigenvalue weighted by Crippen LogP contribution is -2.20. The summed E-state index contributed by atoms with van der Waals surface area (Å²) in [7, 11) is 0. The van der Waals surface area contributed by atoms with Gasteiger partial charge >= 0.3 is 0 Å². The minimum atomic E-state index is -0.128. The van der Waals surface area contributed by atoms with Gasteiger partial charge in [-0.05, 0) is 30.2 Å². The summed E-state index contributed by atoms with van der Waals surface area (Å²) in [5.74, 6) is 2.41. The predicted molar refractivity (Wildman–Crippen MR) is 101 cm³/mol. The van der Waals surface area contributed by atoms with E-state index in [2.05, 4.69) is 29.6 Å². The molecule has 25 heavy (non-hydrogen) atoms. The number of hydrogen-bond acceptors (Lipinski definition) is 5. The molecular formula is C19H20N2O3S. The quantitative estimate of drug-likeness (QED) is 0.638. The Morgan fingerprint density at radius 2 is 2.04 bits per heavy atom. The molecule has 1 heterocycles. The van der Waals surface area contributed by atoms with Crippen molar-refractivity contribution in [2.24, 2.45) is 5.10 Å². The molecule has 1 amide bonds. The van der Waals surface area contributed by atoms with E-state index >= 15 is 0 Å². The summed E-state index contributed by atoms with van der Waals surface area (Å²) in [6.07, 6.45) is 1.58. The van der Waals surface area contributed by atoms with Crippen molar-refractivity contribution in [3.05, 3.63) is 59.2 Å². The van der Waals surface area contributed by atoms with E-state index in [4.69, 9.17) is 9.47 Å². The number of nitrogens with one attached hydrogen (secondary N) is 1. The van der Waals surface area contributed by atoms with E-state index in [9.17, 15) is 4.79 Å². The van der Waals surface area contributed by atoms with Gasteiger partial charge in [-0.3, -0.25) is 4.79 Å². The summed E-state index contributed by atoms with van der Waals surface area (Å²) in [5.41, 5.74) is 5.82. The average molecular weight is 356 g/mol. The van der Waals surface area contributed by atoms with Gasteiger partial charge in [-0.2, -0.15) is 5.10 Å². The third-order valence-corrected chi connectivity index (χ3v) is 4.72. The van der Waals surface area contributed by atoms with E-state index < -0.39 is 0 Å². The highest BCUT2D eigenvalue weighted by molar-refractivity contribution is 7.99. The van der Waals surface area contributed by atoms with Crippen LogP contribution >= 0.6 is 11.8 Å². The molecule has 1 aliphatic rings. The molecule has 5 nitrogen and oxygen atoms in total. The zero-order valence-electron chi connectivity index (χ0n) is 14.0. The first kappa shape index (κ1) is 17.4. The van der Waals surface area contributed by atoms with Gasteiger partial charge in [0.15, 0.2) is 11.5 Å². The number of carbonyl (C=O) groups is 1. The molecule has 0 aliphatic carbocycles. The molecule has 0 unspecified atom stereocenters. The van der Waals surface area contributed by atoms with Crippen molar-refractivity contribution in [2.45, 2.75) is 12.7 Å². The van der Waals surface area contributed by atoms with Crippen LogP contribution in [-0.4, -0.2) is 31.1 Å². The molecule has 0 saturated carbocycles. The maximum absolute atomic E-state index is 11.9. The molecular weight excluding hydrogens is 336 g/mol. The van der Waals surface area contributed by atoms with Gasteiger partial charge in [-0.1, -0.05) is 30.3 Å². The Morgan fingerprint density at radius 1 is 1.20 bits per heavy atom. The summed E-state index contributed by atoms with van der Waals surface area (Å²) in [5, 5.41) is 4.02. The van der Waals surface area contributed by atoms with E-state index in [0.29, 0.717) is 30.5 Å². The van der Waals surface area contributed by atoms with Gasteiger partial charge in [0.2, 0.25) is 5.91 Å². The molecule has 2 aromatic rings. The van der Waals surface area contributed by atoms with Crippen LogP contribution < -0.4 is 14.9 Å². The van der Waals surface area contributed by atoms with Crippen molar-refractivity contribution in [2.75, 3.05) is 19.0 Å². The van der Waals surface area contributed by atoms with Gasteiger partial charge in [0.05, 0.1) is 12.0 Å². The number of hydrazone groups is 1. The lowest BCUT2D eigenvalue weighted by Gasteiger charge is -2.19. The SMILES string of the molecule is Cc1ccccc1CSCC(=O)N/N=C\c1cccc2c1OCCO2. The third-order valence-electron chi connectivity index (χ3n) is 3.74. The zero-order chi connectivity index (χ0) is 17.5. The summed E-state index contributed by atoms with van der Waals surface area (Å²) in [6.45, 7) is 3.13. The van der Waals surface area contributed by atoms with E-state index in [-0.39, 0.29) is 5.91 Å². The number of aryl methyl sites for hydroxylation is 1. The van der Waals surface area contributed by atoms with Crippen LogP contribution in [0.5, 0.6) is 11.5 Å². The smallest absolute Gasteiger partial charge is 0.250 e. The zero-order valence-corrected chi connectivity index (χ0v) is 14.8. The maximum atomic E-state index is 11.9. The lowest BCUT2D eigenvalue weighted by molar-refractivity contribution is -0.118. The largest absolute Gasteiger partial charge is 0.486 e. The van der Waals surface area contributed by atoms with Gasteiger partial charge in [0.1, 0.15) is 13.2 Å². The monoisotopic (exact) mass is 356 g/mol. The second kappa shape index (κ2) is 8.58. The maximum Gasteiger partial charge on any atom is 0.250 e. The fraction of sp³-hybridized carbons (Fsp3) is 0.263. The number of thioether (sulfide) groups is 1. The van der Waals surface area contributed by atoms with E-state index in [1.54, 1.807) is 18.0 Å². The fourth-order valence-corrected chi connectivity index (χ4v) is 3.33. The van der Waals surface area contributed by atoms with Gasteiger partial charge in [0, 0.05) is 11.3 Å². The van der Waals surface area contributed by atoms with Crippen LogP contribution in [0.4, 0.5) is 0 Å². The number of para-hydroxylation sites is 1. The standard InChI is InChI=1S/C19H20N2O3S/c1-14-5-2-3-6-16(14)12-25-13-18(22)21-20-11-15-7-4-8-17-19(15)24-10-9-23-17/h2-8,11H,9-10,12-13H2,1H3,(H,21,22)/b20-11-. The molecule has 0 radical (unpaired) electrons. The minimum absolute atomic E-state index is 0.128. The summed E-state index contributed by atoms with van der Waals surface area (Å²) < 4.78 is 11.1. The molecule has 6 heteroatoms. The van der Waals surface area contributed by atoms with E-state index in [1.165, 1.54) is 11.1 Å². The summed E-state index contributed by atoms with van der Waals surface area (Å²) in [4.78, 5) is 11.9. The van der Waals surface area contributed by atoms with Crippen LogP contribution in [0.15, 0.2) is 47.6 Å². The van der Waals surface area contributed by atoms with Crippen LogP contribution in [-0.2, 0) is 10.5 Å². The van der Waals surface area contributed by atoms with Crippen molar-refractivity contribution in [3.8, 4) is 11.5 Å². The Kier molecular flexibility index (Phi) is 5.95. The van der Waals surface area contributed by atoms with E-state index in [0.717, 1.165) is 11.3 Å². The number of fused-ring (bicyclic) bond motifs is 1. The number of nitrogens with zero attached hydrogens (tertiary/aromatic N) is 1. The molecule has 3 rings (SSSR count). The third kappa shape index (κ3) is 4.76. The number of amides is 1. The van der Waals surface area contributed by atoms with Crippen molar-refractivity contribution in [1.82, 2.24) is 5.43 Å². The molecule has 1 aliphatic heterocycles. The Labute approximate surface area is 151 Å². The summed E-state index contributed by atoms with van der Waals surface area (Å²) in [6, 6.07) is 13.8. The second-order valence-corrected chi connectivity index (χ2v) is 6.57. The van der Waals surface area contributed by atoms with Crippen molar-refractivity contribution in [1.29, 1.82) is 0 Å². The number of rotatable bonds is 6. The van der Waals surface area contributed by atoms with Gasteiger partial charge in [-0.15, -0.1) is 11.8 Å². The molecule has 0 fully saturated rings. The Morgan fingerprint density at radius 3 is 2.92 bits per heavy atom. The van der Waals surface area contributed by atoms with Gasteiger partial charge in [0.25, 0.3) is 0 Å². The Hall–Kier alpha value is -2.47. The summed E-state index contributed by atoms with van der Waals surface area (Å²) >= 11 is 1.57. The first-order valence-electron chi connectivity index (χ1n) is 8.07. The fourth-order valence-electron chi connectivity index (χ4n) is 2.43. The molecule has 0 aromatic heterocycles. The van der Waals surface area contributed by atoms with Crippen molar-refractivity contribution in [3.63, 3.8) is 0 Å². The first-order chi connectivity index (χ1) is 12.2. The van der Waals surface area contributed by atoms with Gasteiger partial charge in [-0.25, -0.2) is 5.43 Å². The number of ether oxygens (including phenoxy) is 2. The number of carbonyl (C=O) groups excluding carboxylic acids is 1. The van der Waals surface area contributed by atoms with Crippen molar-refractivity contribution >= 4 is 23.9 Å². The topological polar surface area (TPSA) is 59.9 Å². The first-order valence-corrected chi connectivity index (χ1v) is 9.22. The minimum Gasteiger partial charge on any atom is -0.486 e. The highest BCUT2D eigenvalue weighted by Gasteiger charge is 2.14. The van der Waals surface area contributed by atoms with E-state index in [1.807, 2.05) is 30.3 Å². The molecule has 1 N–H and O–H groups in total. The Bertz CT molecular complexity index is 777. The molecule has 130 valence electrons.